The maximum atomic E-state index is 12.1. The van der Waals surface area contributed by atoms with Crippen LogP contribution in [-0.4, -0.2) is 51.5 Å². The van der Waals surface area contributed by atoms with Gasteiger partial charge in [0.15, 0.2) is 10.9 Å². The summed E-state index contributed by atoms with van der Waals surface area (Å²) in [7, 11) is 0. The Balaban J connectivity index is 2.81. The molecule has 148 valence electrons. The van der Waals surface area contributed by atoms with Gasteiger partial charge in [-0.05, 0) is 30.4 Å². The van der Waals surface area contributed by atoms with Crippen molar-refractivity contribution in [1.29, 1.82) is 0 Å². The van der Waals surface area contributed by atoms with Crippen LogP contribution in [0, 0.1) is 0 Å². The van der Waals surface area contributed by atoms with E-state index in [-0.39, 0.29) is 29.5 Å². The molecule has 0 saturated carbocycles. The first-order valence-electron chi connectivity index (χ1n) is 7.66. The Bertz CT molecular complexity index is 724. The number of carboxylic acids is 1. The molecule has 0 aliphatic rings. The van der Waals surface area contributed by atoms with E-state index in [0.29, 0.717) is 5.56 Å². The van der Waals surface area contributed by atoms with E-state index in [2.05, 4.69) is 10.2 Å². The summed E-state index contributed by atoms with van der Waals surface area (Å²) in [6.07, 6.45) is 1.18. The molecule has 2 atom stereocenters. The van der Waals surface area contributed by atoms with Crippen molar-refractivity contribution < 1.29 is 39.2 Å². The van der Waals surface area contributed by atoms with Gasteiger partial charge in [0.25, 0.3) is 0 Å². The highest BCUT2D eigenvalue weighted by Gasteiger charge is 2.26. The van der Waals surface area contributed by atoms with E-state index in [0.717, 1.165) is 11.8 Å². The molecule has 0 spiro atoms. The van der Waals surface area contributed by atoms with Crippen molar-refractivity contribution in [3.05, 3.63) is 23.8 Å². The van der Waals surface area contributed by atoms with Crippen LogP contribution in [0.4, 0.5) is 0 Å². The summed E-state index contributed by atoms with van der Waals surface area (Å²) in [5, 5.41) is 20.5. The average molecular weight is 400 g/mol. The summed E-state index contributed by atoms with van der Waals surface area (Å²) in [6.45, 7) is 1.17. The van der Waals surface area contributed by atoms with Crippen molar-refractivity contribution in [2.24, 2.45) is 5.73 Å². The van der Waals surface area contributed by atoms with E-state index in [9.17, 15) is 24.3 Å². The van der Waals surface area contributed by atoms with Crippen molar-refractivity contribution in [2.75, 3.05) is 6.26 Å². The van der Waals surface area contributed by atoms with Crippen LogP contribution in [0.5, 0.6) is 11.5 Å². The van der Waals surface area contributed by atoms with Crippen LogP contribution in [0.2, 0.25) is 0 Å². The molecular formula is C16H20N2O8S. The number of hydrogen-bond donors (Lipinski definition) is 4. The van der Waals surface area contributed by atoms with Crippen molar-refractivity contribution >= 4 is 34.7 Å². The number of nitrogens with two attached hydrogens (primary N) is 1. The standard InChI is InChI=1S/C16H20N2O8S/c1-8(19)18-11(7-14(21)27-2)16(24)26-25-13-6-9(3-4-12(13)20)5-10(17)15(22)23/h3-4,6,10-11,20H,5,7,17H2,1-2H3,(H,18,19)(H,22,23). The summed E-state index contributed by atoms with van der Waals surface area (Å²) in [4.78, 5) is 55.0. The maximum absolute atomic E-state index is 12.1. The third kappa shape index (κ3) is 7.54. The predicted molar refractivity (Wildman–Crippen MR) is 94.9 cm³/mol. The number of aromatic hydroxyl groups is 1. The van der Waals surface area contributed by atoms with Crippen LogP contribution in [0.3, 0.4) is 0 Å². The number of carboxylic acid groups (broad SMARTS) is 1. The molecule has 1 amide bonds. The fourth-order valence-corrected chi connectivity index (χ4v) is 2.26. The Kier molecular flexibility index (Phi) is 8.56. The number of carbonyl (C=O) groups is 4. The van der Waals surface area contributed by atoms with Crippen LogP contribution in [-0.2, 0) is 30.5 Å². The highest BCUT2D eigenvalue weighted by molar-refractivity contribution is 8.13. The van der Waals surface area contributed by atoms with Crippen LogP contribution < -0.4 is 15.9 Å². The lowest BCUT2D eigenvalue weighted by Crippen LogP contribution is -2.42. The molecule has 0 saturated heterocycles. The number of phenolic OH excluding ortho intramolecular Hbond substituents is 1. The van der Waals surface area contributed by atoms with Crippen LogP contribution in [0.25, 0.3) is 0 Å². The van der Waals surface area contributed by atoms with Gasteiger partial charge in [-0.1, -0.05) is 17.8 Å². The molecule has 0 aromatic heterocycles. The third-order valence-corrected chi connectivity index (χ3v) is 3.89. The lowest BCUT2D eigenvalue weighted by Gasteiger charge is -2.15. The second-order valence-corrected chi connectivity index (χ2v) is 6.33. The highest BCUT2D eigenvalue weighted by atomic mass is 32.2. The average Bonchev–Trinajstić information content (AvgIpc) is 2.60. The van der Waals surface area contributed by atoms with Crippen LogP contribution >= 0.6 is 11.8 Å². The van der Waals surface area contributed by atoms with E-state index >= 15 is 0 Å². The summed E-state index contributed by atoms with van der Waals surface area (Å²) >= 11 is 0.886. The third-order valence-electron chi connectivity index (χ3n) is 3.27. The first-order valence-corrected chi connectivity index (χ1v) is 8.89. The molecule has 1 rings (SSSR count). The lowest BCUT2D eigenvalue weighted by atomic mass is 10.1. The Morgan fingerprint density at radius 2 is 1.96 bits per heavy atom. The number of amides is 1. The van der Waals surface area contributed by atoms with E-state index in [1.807, 2.05) is 0 Å². The predicted octanol–water partition coefficient (Wildman–Crippen LogP) is -0.0320. The SMILES string of the molecule is CSC(=O)CC(NC(C)=O)C(=O)OOc1cc(CC(N)C(=O)O)ccc1O. The van der Waals surface area contributed by atoms with Crippen molar-refractivity contribution in [2.45, 2.75) is 31.8 Å². The molecule has 5 N–H and O–H groups in total. The second-order valence-electron chi connectivity index (χ2n) is 5.47. The van der Waals surface area contributed by atoms with Crippen LogP contribution in [0.15, 0.2) is 18.2 Å². The minimum Gasteiger partial charge on any atom is -0.504 e. The number of thioether (sulfide) groups is 1. The Morgan fingerprint density at radius 1 is 1.30 bits per heavy atom. The van der Waals surface area contributed by atoms with Crippen molar-refractivity contribution in [3.63, 3.8) is 0 Å². The van der Waals surface area contributed by atoms with E-state index in [1.54, 1.807) is 0 Å². The van der Waals surface area contributed by atoms with Gasteiger partial charge < -0.3 is 21.3 Å². The molecule has 11 heteroatoms. The molecule has 0 bridgehead atoms. The number of phenols is 1. The molecule has 1 aromatic carbocycles. The van der Waals surface area contributed by atoms with Gasteiger partial charge in [0.1, 0.15) is 12.1 Å². The number of carbonyl (C=O) groups excluding carboxylic acids is 3. The van der Waals surface area contributed by atoms with Gasteiger partial charge in [-0.2, -0.15) is 0 Å². The van der Waals surface area contributed by atoms with Gasteiger partial charge in [-0.15, -0.1) is 0 Å². The molecule has 1 aromatic rings. The fraction of sp³-hybridized carbons (Fsp3) is 0.375. The summed E-state index contributed by atoms with van der Waals surface area (Å²) in [5.41, 5.74) is 5.86. The normalized spacial score (nSPS) is 12.6. The van der Waals surface area contributed by atoms with Crippen LogP contribution in [0.1, 0.15) is 18.9 Å². The summed E-state index contributed by atoms with van der Waals surface area (Å²) in [5.74, 6) is -3.41. The monoisotopic (exact) mass is 400 g/mol. The van der Waals surface area contributed by atoms with E-state index < -0.39 is 29.9 Å². The zero-order chi connectivity index (χ0) is 20.6. The zero-order valence-electron chi connectivity index (χ0n) is 14.6. The molecule has 2 unspecified atom stereocenters. The minimum absolute atomic E-state index is 0.0450. The molecular weight excluding hydrogens is 380 g/mol. The van der Waals surface area contributed by atoms with E-state index in [1.165, 1.54) is 31.4 Å². The lowest BCUT2D eigenvalue weighted by molar-refractivity contribution is -0.216. The molecule has 0 fully saturated rings. The zero-order valence-corrected chi connectivity index (χ0v) is 15.4. The Labute approximate surface area is 158 Å². The van der Waals surface area contributed by atoms with Gasteiger partial charge in [-0.3, -0.25) is 19.3 Å². The molecule has 0 radical (unpaired) electrons. The van der Waals surface area contributed by atoms with Gasteiger partial charge in [0.2, 0.25) is 11.7 Å². The van der Waals surface area contributed by atoms with Gasteiger partial charge in [0, 0.05) is 13.3 Å². The number of nitrogens with one attached hydrogen (secondary N) is 1. The molecule has 0 aliphatic carbocycles. The summed E-state index contributed by atoms with van der Waals surface area (Å²) in [6, 6.07) is 1.49. The largest absolute Gasteiger partial charge is 0.504 e. The minimum atomic E-state index is -1.26. The molecule has 0 heterocycles. The molecule has 27 heavy (non-hydrogen) atoms. The number of aliphatic carboxylic acids is 1. The second kappa shape index (κ2) is 10.4. The number of rotatable bonds is 9. The maximum Gasteiger partial charge on any atom is 0.377 e. The number of benzene rings is 1. The first kappa shape index (κ1) is 22.3. The fourth-order valence-electron chi connectivity index (χ4n) is 1.93. The Morgan fingerprint density at radius 3 is 2.52 bits per heavy atom. The van der Waals surface area contributed by atoms with Gasteiger partial charge in [0.05, 0.1) is 0 Å². The first-order chi connectivity index (χ1) is 12.6. The van der Waals surface area contributed by atoms with Crippen molar-refractivity contribution in [1.82, 2.24) is 5.32 Å². The van der Waals surface area contributed by atoms with Gasteiger partial charge >= 0.3 is 11.9 Å². The summed E-state index contributed by atoms with van der Waals surface area (Å²) < 4.78 is 0. The molecule has 0 aliphatic heterocycles. The quantitative estimate of drug-likeness (QED) is 0.326. The smallest absolute Gasteiger partial charge is 0.377 e. The Hall–Kier alpha value is -2.79. The number of hydrogen-bond acceptors (Lipinski definition) is 9. The highest BCUT2D eigenvalue weighted by Crippen LogP contribution is 2.27. The topological polar surface area (TPSA) is 165 Å². The molecule has 10 nitrogen and oxygen atoms in total. The van der Waals surface area contributed by atoms with E-state index in [4.69, 9.17) is 15.7 Å². The van der Waals surface area contributed by atoms with Crippen molar-refractivity contribution in [3.8, 4) is 11.5 Å². The van der Waals surface area contributed by atoms with Gasteiger partial charge in [-0.25, -0.2) is 9.68 Å².